The highest BCUT2D eigenvalue weighted by molar-refractivity contribution is 5.44. The number of piperidine rings is 1. The van der Waals surface area contributed by atoms with E-state index in [1.807, 2.05) is 6.07 Å². The maximum Gasteiger partial charge on any atom is 0.115 e. The number of phenolic OH excluding ortho intramolecular Hbond substituents is 1. The molecule has 1 aromatic rings. The minimum absolute atomic E-state index is 0.128. The molecule has 1 aliphatic heterocycles. The first-order valence-corrected chi connectivity index (χ1v) is 6.99. The fourth-order valence-electron chi connectivity index (χ4n) is 3.98. The minimum atomic E-state index is 0.128. The number of phenols is 1. The number of fused-ring (bicyclic) bond motifs is 4. The third-order valence-electron chi connectivity index (χ3n) is 5.38. The zero-order valence-corrected chi connectivity index (χ0v) is 11.6. The van der Waals surface area contributed by atoms with E-state index in [4.69, 9.17) is 5.26 Å². The minimum Gasteiger partial charge on any atom is -0.508 e. The van der Waals surface area contributed by atoms with Crippen LogP contribution in [0.4, 0.5) is 0 Å². The molecule has 0 aromatic heterocycles. The molecule has 1 aromatic carbocycles. The van der Waals surface area contributed by atoms with Crippen LogP contribution in [-0.4, -0.2) is 29.1 Å². The summed E-state index contributed by atoms with van der Waals surface area (Å²) in [6.07, 6.45) is 2.05. The molecule has 2 bridgehead atoms. The lowest BCUT2D eigenvalue weighted by Crippen LogP contribution is -2.57. The van der Waals surface area contributed by atoms with Crippen molar-refractivity contribution in [2.24, 2.45) is 5.92 Å². The second-order valence-electron chi connectivity index (χ2n) is 6.20. The zero-order chi connectivity index (χ0) is 13.6. The van der Waals surface area contributed by atoms with Crippen molar-refractivity contribution < 1.29 is 5.11 Å². The van der Waals surface area contributed by atoms with Gasteiger partial charge in [-0.2, -0.15) is 5.26 Å². The van der Waals surface area contributed by atoms with Gasteiger partial charge in [0.2, 0.25) is 0 Å². The molecule has 100 valence electrons. The first-order valence-electron chi connectivity index (χ1n) is 6.99. The van der Waals surface area contributed by atoms with E-state index in [1.54, 1.807) is 6.07 Å². The third-order valence-corrected chi connectivity index (χ3v) is 5.38. The van der Waals surface area contributed by atoms with Gasteiger partial charge >= 0.3 is 0 Å². The van der Waals surface area contributed by atoms with E-state index in [-0.39, 0.29) is 5.41 Å². The quantitative estimate of drug-likeness (QED) is 0.785. The normalized spacial score (nSPS) is 33.5. The molecule has 1 unspecified atom stereocenters. The lowest BCUT2D eigenvalue weighted by atomic mass is 9.59. The molecule has 19 heavy (non-hydrogen) atoms. The van der Waals surface area contributed by atoms with Gasteiger partial charge in [-0.15, -0.1) is 0 Å². The van der Waals surface area contributed by atoms with Crippen molar-refractivity contribution in [1.82, 2.24) is 4.90 Å². The summed E-state index contributed by atoms with van der Waals surface area (Å²) in [5.74, 6) is 0.883. The number of likely N-dealkylation sites (tertiary alicyclic amines) is 1. The van der Waals surface area contributed by atoms with Crippen LogP contribution in [0.15, 0.2) is 18.2 Å². The fourth-order valence-corrected chi connectivity index (χ4v) is 3.98. The Bertz CT molecular complexity index is 548. The Balaban J connectivity index is 2.06. The van der Waals surface area contributed by atoms with E-state index < -0.39 is 0 Å². The van der Waals surface area contributed by atoms with Crippen molar-refractivity contribution in [2.45, 2.75) is 38.1 Å². The van der Waals surface area contributed by atoms with Gasteiger partial charge < -0.3 is 5.11 Å². The standard InChI is InChI=1S/C16H20N2O/c1-11-15-9-12-3-4-13(19)10-14(12)16(11,2)5-7-18(15)8-6-17/h3-4,10-11,15,19H,5,7-9H2,1-2H3/t11-,15?,16-/m0/s1. The van der Waals surface area contributed by atoms with Gasteiger partial charge in [0.05, 0.1) is 12.6 Å². The molecule has 0 radical (unpaired) electrons. The van der Waals surface area contributed by atoms with Crippen LogP contribution in [0.5, 0.6) is 5.75 Å². The molecular formula is C16H20N2O. The molecular weight excluding hydrogens is 236 g/mol. The van der Waals surface area contributed by atoms with Gasteiger partial charge in [-0.05, 0) is 47.4 Å². The van der Waals surface area contributed by atoms with Gasteiger partial charge in [-0.1, -0.05) is 19.9 Å². The summed E-state index contributed by atoms with van der Waals surface area (Å²) in [4.78, 5) is 2.32. The highest BCUT2D eigenvalue weighted by atomic mass is 16.3. The van der Waals surface area contributed by atoms with Crippen molar-refractivity contribution in [2.75, 3.05) is 13.1 Å². The SMILES string of the molecule is C[C@H]1C2Cc3ccc(O)cc3[C@@]1(C)CCN2CC#N. The number of nitrogens with zero attached hydrogens (tertiary/aromatic N) is 2. The van der Waals surface area contributed by atoms with E-state index >= 15 is 0 Å². The lowest BCUT2D eigenvalue weighted by Gasteiger charge is -2.54. The summed E-state index contributed by atoms with van der Waals surface area (Å²) in [5.41, 5.74) is 2.78. The molecule has 0 amide bonds. The fraction of sp³-hybridized carbons (Fsp3) is 0.562. The molecule has 0 saturated carbocycles. The van der Waals surface area contributed by atoms with Gasteiger partial charge in [-0.25, -0.2) is 0 Å². The first kappa shape index (κ1) is 12.5. The Hall–Kier alpha value is -1.53. The van der Waals surface area contributed by atoms with E-state index in [9.17, 15) is 5.11 Å². The second kappa shape index (κ2) is 4.25. The summed E-state index contributed by atoms with van der Waals surface area (Å²) >= 11 is 0. The first-order chi connectivity index (χ1) is 9.06. The number of benzene rings is 1. The van der Waals surface area contributed by atoms with Gasteiger partial charge in [-0.3, -0.25) is 4.90 Å². The molecule has 3 atom stereocenters. The molecule has 1 heterocycles. The van der Waals surface area contributed by atoms with Crippen molar-refractivity contribution in [3.05, 3.63) is 29.3 Å². The van der Waals surface area contributed by atoms with Gasteiger partial charge in [0, 0.05) is 12.6 Å². The van der Waals surface area contributed by atoms with Crippen molar-refractivity contribution in [3.63, 3.8) is 0 Å². The summed E-state index contributed by atoms with van der Waals surface area (Å²) < 4.78 is 0. The van der Waals surface area contributed by atoms with Gasteiger partial charge in [0.25, 0.3) is 0 Å². The van der Waals surface area contributed by atoms with E-state index in [1.165, 1.54) is 11.1 Å². The smallest absolute Gasteiger partial charge is 0.115 e. The number of hydrogen-bond donors (Lipinski definition) is 1. The van der Waals surface area contributed by atoms with Gasteiger partial charge in [0.15, 0.2) is 0 Å². The molecule has 1 aliphatic carbocycles. The largest absolute Gasteiger partial charge is 0.508 e. The van der Waals surface area contributed by atoms with Crippen LogP contribution >= 0.6 is 0 Å². The van der Waals surface area contributed by atoms with E-state index in [0.29, 0.717) is 24.3 Å². The van der Waals surface area contributed by atoms with E-state index in [0.717, 1.165) is 19.4 Å². The van der Waals surface area contributed by atoms with Crippen LogP contribution < -0.4 is 0 Å². The molecule has 0 spiro atoms. The number of hydrogen-bond acceptors (Lipinski definition) is 3. The maximum atomic E-state index is 9.77. The van der Waals surface area contributed by atoms with E-state index in [2.05, 4.69) is 30.9 Å². The highest BCUT2D eigenvalue weighted by Gasteiger charge is 2.48. The Morgan fingerprint density at radius 2 is 2.32 bits per heavy atom. The summed E-state index contributed by atoms with van der Waals surface area (Å²) in [6, 6.07) is 8.53. The molecule has 1 N–H and O–H groups in total. The van der Waals surface area contributed by atoms with Gasteiger partial charge in [0.1, 0.15) is 5.75 Å². The predicted molar refractivity (Wildman–Crippen MR) is 73.9 cm³/mol. The number of aromatic hydroxyl groups is 1. The molecule has 3 rings (SSSR count). The zero-order valence-electron chi connectivity index (χ0n) is 11.6. The summed E-state index contributed by atoms with van der Waals surface area (Å²) in [6.45, 7) is 6.11. The van der Waals surface area contributed by atoms with Crippen molar-refractivity contribution in [1.29, 1.82) is 5.26 Å². The lowest BCUT2D eigenvalue weighted by molar-refractivity contribution is 0.0409. The topological polar surface area (TPSA) is 47.3 Å². The van der Waals surface area contributed by atoms with Crippen LogP contribution in [0.25, 0.3) is 0 Å². The van der Waals surface area contributed by atoms with Crippen LogP contribution in [-0.2, 0) is 11.8 Å². The average Bonchev–Trinajstić information content (AvgIpc) is 2.38. The molecule has 1 fully saturated rings. The van der Waals surface area contributed by atoms with Crippen molar-refractivity contribution >= 4 is 0 Å². The van der Waals surface area contributed by atoms with Crippen LogP contribution in [0.2, 0.25) is 0 Å². The molecule has 3 heteroatoms. The van der Waals surface area contributed by atoms with Crippen LogP contribution in [0, 0.1) is 17.2 Å². The van der Waals surface area contributed by atoms with Crippen LogP contribution in [0.1, 0.15) is 31.4 Å². The molecule has 1 saturated heterocycles. The Morgan fingerprint density at radius 3 is 3.05 bits per heavy atom. The monoisotopic (exact) mass is 256 g/mol. The average molecular weight is 256 g/mol. The Labute approximate surface area is 114 Å². The number of nitriles is 1. The molecule has 3 nitrogen and oxygen atoms in total. The second-order valence-corrected chi connectivity index (χ2v) is 6.20. The third kappa shape index (κ3) is 1.74. The number of rotatable bonds is 1. The maximum absolute atomic E-state index is 9.77. The highest BCUT2D eigenvalue weighted by Crippen LogP contribution is 2.49. The molecule has 2 aliphatic rings. The Kier molecular flexibility index (Phi) is 2.79. The predicted octanol–water partition coefficient (Wildman–Crippen LogP) is 2.44. The van der Waals surface area contributed by atoms with Crippen LogP contribution in [0.3, 0.4) is 0 Å². The summed E-state index contributed by atoms with van der Waals surface area (Å²) in [5, 5.41) is 18.7. The van der Waals surface area contributed by atoms with Crippen molar-refractivity contribution in [3.8, 4) is 11.8 Å². The Morgan fingerprint density at radius 1 is 1.53 bits per heavy atom. The summed E-state index contributed by atoms with van der Waals surface area (Å²) in [7, 11) is 0.